The highest BCUT2D eigenvalue weighted by atomic mass is 19.1. The number of ether oxygens (including phenoxy) is 1. The molecular formula is C21H24FN5O. The van der Waals surface area contributed by atoms with Gasteiger partial charge in [-0.25, -0.2) is 9.07 Å². The lowest BCUT2D eigenvalue weighted by molar-refractivity contribution is 0.0250. The van der Waals surface area contributed by atoms with Crippen LogP contribution in [-0.4, -0.2) is 39.2 Å². The van der Waals surface area contributed by atoms with E-state index in [9.17, 15) is 4.39 Å². The van der Waals surface area contributed by atoms with E-state index < -0.39 is 0 Å². The summed E-state index contributed by atoms with van der Waals surface area (Å²) >= 11 is 0. The van der Waals surface area contributed by atoms with Crippen LogP contribution in [-0.2, 0) is 11.3 Å². The van der Waals surface area contributed by atoms with Crippen molar-refractivity contribution in [3.8, 4) is 5.82 Å². The van der Waals surface area contributed by atoms with Gasteiger partial charge in [0, 0.05) is 18.8 Å². The first kappa shape index (κ1) is 18.6. The van der Waals surface area contributed by atoms with Gasteiger partial charge in [0.15, 0.2) is 11.6 Å². The predicted octanol–water partition coefficient (Wildman–Crippen LogP) is 3.60. The number of rotatable bonds is 5. The van der Waals surface area contributed by atoms with Crippen LogP contribution in [0.5, 0.6) is 0 Å². The Labute approximate surface area is 164 Å². The van der Waals surface area contributed by atoms with Crippen molar-refractivity contribution < 1.29 is 9.13 Å². The fourth-order valence-electron chi connectivity index (χ4n) is 3.51. The van der Waals surface area contributed by atoms with Gasteiger partial charge < -0.3 is 9.64 Å². The Morgan fingerprint density at radius 3 is 2.29 bits per heavy atom. The molecule has 0 aliphatic carbocycles. The van der Waals surface area contributed by atoms with Crippen LogP contribution in [0.25, 0.3) is 5.82 Å². The van der Waals surface area contributed by atoms with Gasteiger partial charge >= 0.3 is 0 Å². The largest absolute Gasteiger partial charge is 0.373 e. The number of hydrogen-bond acceptors (Lipinski definition) is 5. The Morgan fingerprint density at radius 2 is 1.68 bits per heavy atom. The maximum absolute atomic E-state index is 13.0. The van der Waals surface area contributed by atoms with Crippen LogP contribution in [0.1, 0.15) is 29.8 Å². The monoisotopic (exact) mass is 381 g/mol. The van der Waals surface area contributed by atoms with Crippen molar-refractivity contribution in [3.63, 3.8) is 0 Å². The predicted molar refractivity (Wildman–Crippen MR) is 105 cm³/mol. The summed E-state index contributed by atoms with van der Waals surface area (Å²) in [5, 5.41) is 13.2. The molecule has 1 aliphatic rings. The summed E-state index contributed by atoms with van der Waals surface area (Å²) in [6, 6.07) is 12.4. The van der Waals surface area contributed by atoms with Gasteiger partial charge in [-0.1, -0.05) is 12.1 Å². The summed E-state index contributed by atoms with van der Waals surface area (Å²) in [5.41, 5.74) is 3.00. The zero-order valence-corrected chi connectivity index (χ0v) is 16.2. The number of aromatic nitrogens is 4. The van der Waals surface area contributed by atoms with E-state index in [-0.39, 0.29) is 11.9 Å². The van der Waals surface area contributed by atoms with E-state index in [1.54, 1.807) is 12.1 Å². The topological polar surface area (TPSA) is 56.1 Å². The van der Waals surface area contributed by atoms with Gasteiger partial charge in [0.25, 0.3) is 0 Å². The zero-order valence-electron chi connectivity index (χ0n) is 16.2. The third-order valence-electron chi connectivity index (χ3n) is 5.03. The van der Waals surface area contributed by atoms with Crippen molar-refractivity contribution in [2.45, 2.75) is 39.4 Å². The van der Waals surface area contributed by atoms with E-state index >= 15 is 0 Å². The standard InChI is InChI=1S/C21H24FN5O/c1-15-13-16(2)27(25-15)21-8-7-20(23-24-21)26-11-9-19(10-12-26)28-14-17-3-5-18(22)6-4-17/h3-8,13,19H,9-12,14H2,1-2H3. The molecule has 0 unspecified atom stereocenters. The SMILES string of the molecule is Cc1cc(C)n(-c2ccc(N3CCC(OCc4ccc(F)cc4)CC3)nn2)n1. The quantitative estimate of drug-likeness (QED) is 0.676. The molecule has 1 aliphatic heterocycles. The molecule has 1 saturated heterocycles. The molecule has 0 bridgehead atoms. The van der Waals surface area contributed by atoms with E-state index in [1.165, 1.54) is 12.1 Å². The summed E-state index contributed by atoms with van der Waals surface area (Å²) < 4.78 is 20.8. The summed E-state index contributed by atoms with van der Waals surface area (Å²) in [6.45, 7) is 6.24. The second-order valence-electron chi connectivity index (χ2n) is 7.21. The molecule has 0 atom stereocenters. The number of anilines is 1. The molecular weight excluding hydrogens is 357 g/mol. The van der Waals surface area contributed by atoms with Gasteiger partial charge in [-0.3, -0.25) is 0 Å². The molecule has 3 aromatic rings. The first-order valence-electron chi connectivity index (χ1n) is 9.57. The van der Waals surface area contributed by atoms with Crippen LogP contribution < -0.4 is 4.90 Å². The number of nitrogens with zero attached hydrogens (tertiary/aromatic N) is 5. The fourth-order valence-corrected chi connectivity index (χ4v) is 3.51. The first-order chi connectivity index (χ1) is 13.6. The van der Waals surface area contributed by atoms with E-state index in [0.717, 1.165) is 54.5 Å². The van der Waals surface area contributed by atoms with E-state index in [1.807, 2.05) is 36.7 Å². The molecule has 0 saturated carbocycles. The Balaban J connectivity index is 1.31. The lowest BCUT2D eigenvalue weighted by atomic mass is 10.1. The fraction of sp³-hybridized carbons (Fsp3) is 0.381. The molecule has 0 N–H and O–H groups in total. The zero-order chi connectivity index (χ0) is 19.5. The molecule has 6 nitrogen and oxygen atoms in total. The minimum Gasteiger partial charge on any atom is -0.373 e. The van der Waals surface area contributed by atoms with Crippen molar-refractivity contribution in [1.29, 1.82) is 0 Å². The average molecular weight is 381 g/mol. The van der Waals surface area contributed by atoms with Crippen LogP contribution >= 0.6 is 0 Å². The van der Waals surface area contributed by atoms with Crippen molar-refractivity contribution in [2.24, 2.45) is 0 Å². The normalized spacial score (nSPS) is 15.2. The molecule has 3 heterocycles. The maximum atomic E-state index is 13.0. The van der Waals surface area contributed by atoms with Crippen LogP contribution in [0.2, 0.25) is 0 Å². The summed E-state index contributed by atoms with van der Waals surface area (Å²) in [7, 11) is 0. The smallest absolute Gasteiger partial charge is 0.176 e. The molecule has 2 aromatic heterocycles. The average Bonchev–Trinajstić information content (AvgIpc) is 3.06. The number of halogens is 1. The van der Waals surface area contributed by atoms with Crippen molar-refractivity contribution >= 4 is 5.82 Å². The van der Waals surface area contributed by atoms with Crippen LogP contribution in [0.3, 0.4) is 0 Å². The highest BCUT2D eigenvalue weighted by Gasteiger charge is 2.21. The van der Waals surface area contributed by atoms with Gasteiger partial charge in [-0.15, -0.1) is 10.2 Å². The summed E-state index contributed by atoms with van der Waals surface area (Å²) in [6.07, 6.45) is 2.08. The Morgan fingerprint density at radius 1 is 1.00 bits per heavy atom. The van der Waals surface area contributed by atoms with Crippen molar-refractivity contribution in [3.05, 3.63) is 65.2 Å². The molecule has 4 rings (SSSR count). The number of aryl methyl sites for hydroxylation is 2. The Kier molecular flexibility index (Phi) is 5.34. The van der Waals surface area contributed by atoms with Crippen molar-refractivity contribution in [1.82, 2.24) is 20.0 Å². The third kappa shape index (κ3) is 4.20. The summed E-state index contributed by atoms with van der Waals surface area (Å²) in [4.78, 5) is 2.23. The van der Waals surface area contributed by atoms with E-state index in [0.29, 0.717) is 6.61 Å². The molecule has 0 radical (unpaired) electrons. The van der Waals surface area contributed by atoms with Crippen molar-refractivity contribution in [2.75, 3.05) is 18.0 Å². The lowest BCUT2D eigenvalue weighted by Crippen LogP contribution is -2.37. The highest BCUT2D eigenvalue weighted by Crippen LogP contribution is 2.21. The van der Waals surface area contributed by atoms with E-state index in [2.05, 4.69) is 20.2 Å². The lowest BCUT2D eigenvalue weighted by Gasteiger charge is -2.32. The highest BCUT2D eigenvalue weighted by molar-refractivity contribution is 5.40. The molecule has 1 aromatic carbocycles. The van der Waals surface area contributed by atoms with Gasteiger partial charge in [0.2, 0.25) is 0 Å². The second kappa shape index (κ2) is 8.06. The van der Waals surface area contributed by atoms with Gasteiger partial charge in [-0.05, 0) is 62.6 Å². The van der Waals surface area contributed by atoms with Gasteiger partial charge in [0.05, 0.1) is 18.4 Å². The Bertz CT molecular complexity index is 915. The van der Waals surface area contributed by atoms with Gasteiger partial charge in [0.1, 0.15) is 5.82 Å². The molecule has 28 heavy (non-hydrogen) atoms. The Hall–Kier alpha value is -2.80. The number of hydrogen-bond donors (Lipinski definition) is 0. The molecule has 7 heteroatoms. The molecule has 146 valence electrons. The summed E-state index contributed by atoms with van der Waals surface area (Å²) in [5.74, 6) is 1.39. The second-order valence-corrected chi connectivity index (χ2v) is 7.21. The maximum Gasteiger partial charge on any atom is 0.176 e. The number of benzene rings is 1. The first-order valence-corrected chi connectivity index (χ1v) is 9.57. The number of piperidine rings is 1. The van der Waals surface area contributed by atoms with Crippen LogP contribution in [0.4, 0.5) is 10.2 Å². The third-order valence-corrected chi connectivity index (χ3v) is 5.03. The van der Waals surface area contributed by atoms with Crippen LogP contribution in [0.15, 0.2) is 42.5 Å². The minimum atomic E-state index is -0.220. The molecule has 0 amide bonds. The minimum absolute atomic E-state index is 0.211. The molecule has 0 spiro atoms. The van der Waals surface area contributed by atoms with E-state index in [4.69, 9.17) is 4.74 Å². The van der Waals surface area contributed by atoms with Gasteiger partial charge in [-0.2, -0.15) is 5.10 Å². The van der Waals surface area contributed by atoms with Crippen LogP contribution in [0, 0.1) is 19.7 Å². The molecule has 1 fully saturated rings.